The smallest absolute Gasteiger partial charge is 0.546 e. The summed E-state index contributed by atoms with van der Waals surface area (Å²) in [7, 11) is 0. The molecule has 0 saturated carbocycles. The normalized spacial score (nSPS) is 11.3. The van der Waals surface area contributed by atoms with E-state index >= 15 is 0 Å². The molecule has 0 amide bonds. The summed E-state index contributed by atoms with van der Waals surface area (Å²) in [4.78, 5) is 10.3. The molecule has 0 N–H and O–H groups in total. The Labute approximate surface area is 117 Å². The van der Waals surface area contributed by atoms with Crippen LogP contribution in [0, 0.1) is 0 Å². The van der Waals surface area contributed by atoms with Gasteiger partial charge in [0.15, 0.2) is 6.10 Å². The van der Waals surface area contributed by atoms with Crippen LogP contribution in [0.3, 0.4) is 0 Å². The minimum Gasteiger partial charge on any atom is -0.546 e. The first-order chi connectivity index (χ1) is 6.63. The Morgan fingerprint density at radius 2 is 2.00 bits per heavy atom. The molecule has 1 aromatic carbocycles. The van der Waals surface area contributed by atoms with Crippen molar-refractivity contribution < 1.29 is 48.6 Å². The third kappa shape index (κ3) is 4.97. The average Bonchev–Trinajstić information content (AvgIpc) is 2.16. The molecule has 0 aromatic heterocycles. The second kappa shape index (κ2) is 7.22. The molecule has 3 nitrogen and oxygen atoms in total. The topological polar surface area (TPSA) is 49.4 Å². The van der Waals surface area contributed by atoms with Gasteiger partial charge >= 0.3 is 29.6 Å². The van der Waals surface area contributed by atoms with Crippen molar-refractivity contribution >= 4 is 21.9 Å². The first-order valence-electron chi connectivity index (χ1n) is 3.82. The zero-order valence-electron chi connectivity index (χ0n) is 8.07. The van der Waals surface area contributed by atoms with Gasteiger partial charge in [0.25, 0.3) is 0 Å². The van der Waals surface area contributed by atoms with Crippen LogP contribution >= 0.6 is 15.9 Å². The summed E-state index contributed by atoms with van der Waals surface area (Å²) in [5.74, 6) is -1.27. The number of rotatable bonds is 4. The molecule has 0 fully saturated rings. The van der Waals surface area contributed by atoms with Crippen LogP contribution in [0.5, 0.6) is 5.75 Å². The summed E-state index contributed by atoms with van der Waals surface area (Å²) < 4.78 is 17.8. The number of aliphatic carboxylic acids is 1. The zero-order chi connectivity index (χ0) is 10.6. The largest absolute Gasteiger partial charge is 1.00 e. The van der Waals surface area contributed by atoms with Crippen LogP contribution in [0.1, 0.15) is 0 Å². The number of alkyl halides is 1. The molecule has 15 heavy (non-hydrogen) atoms. The third-order valence-corrected chi connectivity index (χ3v) is 2.02. The van der Waals surface area contributed by atoms with E-state index in [0.717, 1.165) is 4.47 Å². The van der Waals surface area contributed by atoms with Crippen molar-refractivity contribution in [3.05, 3.63) is 28.7 Å². The van der Waals surface area contributed by atoms with E-state index < -0.39 is 18.7 Å². The molecule has 1 aromatic rings. The molecule has 0 bridgehead atoms. The Morgan fingerprint density at radius 3 is 2.40 bits per heavy atom. The van der Waals surface area contributed by atoms with E-state index in [1.54, 1.807) is 12.1 Å². The van der Waals surface area contributed by atoms with Crippen LogP contribution in [0.4, 0.5) is 4.39 Å². The van der Waals surface area contributed by atoms with Crippen molar-refractivity contribution in [2.24, 2.45) is 0 Å². The van der Waals surface area contributed by atoms with E-state index in [-0.39, 0.29) is 29.6 Å². The number of carbonyl (C=O) groups is 1. The molecule has 0 heterocycles. The van der Waals surface area contributed by atoms with Gasteiger partial charge in [-0.2, -0.15) is 0 Å². The van der Waals surface area contributed by atoms with Gasteiger partial charge in [-0.3, -0.25) is 0 Å². The van der Waals surface area contributed by atoms with Gasteiger partial charge in [-0.1, -0.05) is 15.9 Å². The number of carboxylic acids is 1. The summed E-state index contributed by atoms with van der Waals surface area (Å²) in [6.07, 6.45) is -1.55. The van der Waals surface area contributed by atoms with E-state index in [1.807, 2.05) is 0 Å². The standard InChI is InChI=1S/C9H8BrFO3.Na/c10-6-1-3-7(4-2-6)14-8(5-11)9(12)13;/h1-4,8H,5H2,(H,12,13);/q;+1/p-1/t8-;/m0./s1. The number of ether oxygens (including phenoxy) is 1. The predicted molar refractivity (Wildman–Crippen MR) is 49.5 cm³/mol. The molecule has 1 atom stereocenters. The fourth-order valence-corrected chi connectivity index (χ4v) is 1.08. The Morgan fingerprint density at radius 1 is 1.47 bits per heavy atom. The van der Waals surface area contributed by atoms with E-state index in [1.165, 1.54) is 12.1 Å². The van der Waals surface area contributed by atoms with Crippen molar-refractivity contribution in [1.29, 1.82) is 0 Å². The molecule has 0 unspecified atom stereocenters. The maximum absolute atomic E-state index is 12.1. The summed E-state index contributed by atoms with van der Waals surface area (Å²) >= 11 is 3.20. The first kappa shape index (κ1) is 14.9. The Hall–Kier alpha value is -0.1000. The van der Waals surface area contributed by atoms with E-state index in [2.05, 4.69) is 15.9 Å². The molecular formula is C9H7BrFNaO3. The maximum Gasteiger partial charge on any atom is 1.00 e. The minimum atomic E-state index is -1.56. The number of hydrogen-bond acceptors (Lipinski definition) is 3. The van der Waals surface area contributed by atoms with Crippen LogP contribution in [-0.4, -0.2) is 18.7 Å². The summed E-state index contributed by atoms with van der Waals surface area (Å²) in [5.41, 5.74) is 0. The average molecular weight is 285 g/mol. The second-order valence-corrected chi connectivity index (χ2v) is 3.45. The summed E-state index contributed by atoms with van der Waals surface area (Å²) in [6, 6.07) is 6.41. The fraction of sp³-hybridized carbons (Fsp3) is 0.222. The maximum atomic E-state index is 12.1. The third-order valence-electron chi connectivity index (χ3n) is 1.50. The fourth-order valence-electron chi connectivity index (χ4n) is 0.820. The Balaban J connectivity index is 0.00000196. The SMILES string of the molecule is O=C([O-])[C@H](CF)Oc1ccc(Br)cc1.[Na+]. The van der Waals surface area contributed by atoms with Crippen LogP contribution in [0.2, 0.25) is 0 Å². The van der Waals surface area contributed by atoms with E-state index in [0.29, 0.717) is 5.75 Å². The molecule has 76 valence electrons. The molecule has 1 rings (SSSR count). The van der Waals surface area contributed by atoms with Crippen molar-refractivity contribution in [2.45, 2.75) is 6.10 Å². The number of hydrogen-bond donors (Lipinski definition) is 0. The van der Waals surface area contributed by atoms with Crippen molar-refractivity contribution in [3.63, 3.8) is 0 Å². The van der Waals surface area contributed by atoms with Crippen LogP contribution in [0.25, 0.3) is 0 Å². The number of carboxylic acid groups (broad SMARTS) is 1. The van der Waals surface area contributed by atoms with Gasteiger partial charge < -0.3 is 14.6 Å². The molecule has 0 aliphatic rings. The minimum absolute atomic E-state index is 0. The quantitative estimate of drug-likeness (QED) is 0.597. The summed E-state index contributed by atoms with van der Waals surface area (Å²) in [5, 5.41) is 10.3. The monoisotopic (exact) mass is 284 g/mol. The number of benzene rings is 1. The van der Waals surface area contributed by atoms with Gasteiger partial charge in [-0.05, 0) is 24.3 Å². The predicted octanol–water partition coefficient (Wildman–Crippen LogP) is -2.08. The molecule has 6 heteroatoms. The molecule has 0 spiro atoms. The zero-order valence-corrected chi connectivity index (χ0v) is 11.7. The summed E-state index contributed by atoms with van der Waals surface area (Å²) in [6.45, 7) is -1.11. The van der Waals surface area contributed by atoms with Crippen molar-refractivity contribution in [1.82, 2.24) is 0 Å². The van der Waals surface area contributed by atoms with Gasteiger partial charge in [0, 0.05) is 4.47 Å². The number of halogens is 2. The molecule has 0 radical (unpaired) electrons. The van der Waals surface area contributed by atoms with E-state index in [9.17, 15) is 14.3 Å². The van der Waals surface area contributed by atoms with Gasteiger partial charge in [-0.15, -0.1) is 0 Å². The first-order valence-corrected chi connectivity index (χ1v) is 4.62. The van der Waals surface area contributed by atoms with Crippen LogP contribution < -0.4 is 39.4 Å². The van der Waals surface area contributed by atoms with Crippen LogP contribution in [0.15, 0.2) is 28.7 Å². The Bertz CT molecular complexity index is 318. The van der Waals surface area contributed by atoms with Gasteiger partial charge in [-0.25, -0.2) is 4.39 Å². The molecule has 0 saturated heterocycles. The molecular weight excluding hydrogens is 278 g/mol. The van der Waals surface area contributed by atoms with Crippen LogP contribution in [-0.2, 0) is 4.79 Å². The molecule has 0 aliphatic carbocycles. The number of carbonyl (C=O) groups excluding carboxylic acids is 1. The molecule has 0 aliphatic heterocycles. The van der Waals surface area contributed by atoms with E-state index in [4.69, 9.17) is 4.74 Å². The van der Waals surface area contributed by atoms with Crippen molar-refractivity contribution in [2.75, 3.05) is 6.67 Å². The van der Waals surface area contributed by atoms with Crippen molar-refractivity contribution in [3.8, 4) is 5.75 Å². The second-order valence-electron chi connectivity index (χ2n) is 2.53. The van der Waals surface area contributed by atoms with Gasteiger partial charge in [0.1, 0.15) is 12.4 Å². The van der Waals surface area contributed by atoms with Gasteiger partial charge in [0.2, 0.25) is 0 Å². The Kier molecular flexibility index (Phi) is 7.17. The van der Waals surface area contributed by atoms with Gasteiger partial charge in [0.05, 0.1) is 5.97 Å².